The Morgan fingerprint density at radius 1 is 1.33 bits per heavy atom. The van der Waals surface area contributed by atoms with Gasteiger partial charge >= 0.3 is 5.69 Å². The third-order valence-electron chi connectivity index (χ3n) is 4.07. The average molecular weight is 297 g/mol. The molecule has 0 bridgehead atoms. The number of carbonyl (C=O) groups is 1. The van der Waals surface area contributed by atoms with Crippen LogP contribution in [0.4, 0.5) is 0 Å². The molecular formula is C14H23N3O4. The molecule has 1 aromatic heterocycles. The van der Waals surface area contributed by atoms with E-state index in [2.05, 4.69) is 5.32 Å². The second-order valence-corrected chi connectivity index (χ2v) is 5.27. The van der Waals surface area contributed by atoms with Gasteiger partial charge in [-0.3, -0.25) is 18.7 Å². The molecule has 1 rings (SSSR count). The highest BCUT2D eigenvalue weighted by atomic mass is 16.3. The minimum atomic E-state index is -0.531. The summed E-state index contributed by atoms with van der Waals surface area (Å²) in [7, 11) is 1.37. The number of aliphatic hydroxyl groups is 1. The van der Waals surface area contributed by atoms with Gasteiger partial charge in [0.2, 0.25) is 5.91 Å². The van der Waals surface area contributed by atoms with Crippen molar-refractivity contribution in [2.75, 3.05) is 13.2 Å². The van der Waals surface area contributed by atoms with Crippen LogP contribution in [0.15, 0.2) is 21.9 Å². The summed E-state index contributed by atoms with van der Waals surface area (Å²) >= 11 is 0. The number of carbonyl (C=O) groups excluding carboxylic acids is 1. The topological polar surface area (TPSA) is 93.3 Å². The lowest BCUT2D eigenvalue weighted by Gasteiger charge is -2.29. The van der Waals surface area contributed by atoms with Crippen molar-refractivity contribution >= 4 is 5.91 Å². The summed E-state index contributed by atoms with van der Waals surface area (Å²) in [4.78, 5) is 35.0. The molecule has 0 fully saturated rings. The van der Waals surface area contributed by atoms with Crippen LogP contribution < -0.4 is 16.6 Å². The van der Waals surface area contributed by atoms with Crippen molar-refractivity contribution in [3.8, 4) is 0 Å². The molecule has 7 nitrogen and oxygen atoms in total. The van der Waals surface area contributed by atoms with Crippen LogP contribution in [0.1, 0.15) is 26.7 Å². The lowest BCUT2D eigenvalue weighted by atomic mass is 9.83. The average Bonchev–Trinajstić information content (AvgIpc) is 2.50. The van der Waals surface area contributed by atoms with Gasteiger partial charge in [0.15, 0.2) is 0 Å². The molecule has 2 N–H and O–H groups in total. The first-order valence-electron chi connectivity index (χ1n) is 7.03. The highest BCUT2D eigenvalue weighted by molar-refractivity contribution is 5.75. The fourth-order valence-corrected chi connectivity index (χ4v) is 2.01. The zero-order valence-corrected chi connectivity index (χ0v) is 12.8. The predicted molar refractivity (Wildman–Crippen MR) is 79.1 cm³/mol. The van der Waals surface area contributed by atoms with Gasteiger partial charge in [-0.05, 0) is 12.8 Å². The minimum Gasteiger partial charge on any atom is -0.396 e. The van der Waals surface area contributed by atoms with Gasteiger partial charge in [-0.25, -0.2) is 4.79 Å². The summed E-state index contributed by atoms with van der Waals surface area (Å²) in [6.45, 7) is 4.13. The quantitative estimate of drug-likeness (QED) is 0.707. The molecule has 0 aliphatic carbocycles. The fraction of sp³-hybridized carbons (Fsp3) is 0.643. The van der Waals surface area contributed by atoms with Crippen LogP contribution >= 0.6 is 0 Å². The summed E-state index contributed by atoms with van der Waals surface area (Å²) in [6.07, 6.45) is 2.81. The summed E-state index contributed by atoms with van der Waals surface area (Å²) in [6, 6.07) is 1.24. The Balaban J connectivity index is 2.73. The largest absolute Gasteiger partial charge is 0.396 e. The number of hydrogen-bond acceptors (Lipinski definition) is 4. The summed E-state index contributed by atoms with van der Waals surface area (Å²) in [5, 5.41) is 12.2. The third-order valence-corrected chi connectivity index (χ3v) is 4.07. The lowest BCUT2D eigenvalue weighted by molar-refractivity contribution is -0.122. The molecule has 7 heteroatoms. The van der Waals surface area contributed by atoms with Crippen molar-refractivity contribution in [1.29, 1.82) is 0 Å². The van der Waals surface area contributed by atoms with Gasteiger partial charge in [-0.15, -0.1) is 0 Å². The van der Waals surface area contributed by atoms with Gasteiger partial charge in [0.25, 0.3) is 5.56 Å². The first kappa shape index (κ1) is 17.2. The number of hydrogen-bond donors (Lipinski definition) is 2. The van der Waals surface area contributed by atoms with Crippen LogP contribution in [0.25, 0.3) is 0 Å². The van der Waals surface area contributed by atoms with Gasteiger partial charge < -0.3 is 10.4 Å². The Morgan fingerprint density at radius 3 is 2.48 bits per heavy atom. The highest BCUT2D eigenvalue weighted by Gasteiger charge is 2.25. The SMILES string of the molecule is CCC(CC)(CO)CNC(=O)Cn1ccc(=O)n(C)c1=O. The minimum absolute atomic E-state index is 0.0000667. The van der Waals surface area contributed by atoms with E-state index in [-0.39, 0.29) is 24.5 Å². The molecule has 1 aromatic rings. The van der Waals surface area contributed by atoms with E-state index < -0.39 is 11.2 Å². The Labute approximate surface area is 123 Å². The van der Waals surface area contributed by atoms with Gasteiger partial charge in [0.05, 0.1) is 6.61 Å². The Bertz CT molecular complexity index is 591. The molecule has 0 aliphatic rings. The maximum atomic E-state index is 11.9. The molecule has 21 heavy (non-hydrogen) atoms. The number of nitrogens with one attached hydrogen (secondary N) is 1. The maximum absolute atomic E-state index is 11.9. The fourth-order valence-electron chi connectivity index (χ4n) is 2.01. The first-order valence-corrected chi connectivity index (χ1v) is 7.03. The van der Waals surface area contributed by atoms with Crippen LogP contribution in [-0.4, -0.2) is 33.3 Å². The van der Waals surface area contributed by atoms with Gasteiger partial charge in [-0.1, -0.05) is 13.8 Å². The summed E-state index contributed by atoms with van der Waals surface area (Å²) in [5.74, 6) is -0.324. The molecule has 118 valence electrons. The number of aliphatic hydroxyl groups excluding tert-OH is 1. The summed E-state index contributed by atoms with van der Waals surface area (Å²) in [5.41, 5.74) is -1.27. The molecule has 0 radical (unpaired) electrons. The Hall–Kier alpha value is -1.89. The Kier molecular flexibility index (Phi) is 5.90. The van der Waals surface area contributed by atoms with Crippen LogP contribution in [0.5, 0.6) is 0 Å². The van der Waals surface area contributed by atoms with Crippen LogP contribution in [0, 0.1) is 5.41 Å². The third kappa shape index (κ3) is 4.04. The van der Waals surface area contributed by atoms with E-state index in [4.69, 9.17) is 0 Å². The van der Waals surface area contributed by atoms with Crippen molar-refractivity contribution in [3.05, 3.63) is 33.1 Å². The monoisotopic (exact) mass is 297 g/mol. The van der Waals surface area contributed by atoms with Crippen molar-refractivity contribution < 1.29 is 9.90 Å². The zero-order chi connectivity index (χ0) is 16.0. The van der Waals surface area contributed by atoms with Crippen LogP contribution in [-0.2, 0) is 18.4 Å². The van der Waals surface area contributed by atoms with E-state index in [1.54, 1.807) is 0 Å². The smallest absolute Gasteiger partial charge is 0.331 e. The molecule has 0 saturated heterocycles. The van der Waals surface area contributed by atoms with E-state index >= 15 is 0 Å². The lowest BCUT2D eigenvalue weighted by Crippen LogP contribution is -2.43. The van der Waals surface area contributed by atoms with Gasteiger partial charge in [-0.2, -0.15) is 0 Å². The van der Waals surface area contributed by atoms with E-state index in [0.29, 0.717) is 6.54 Å². The van der Waals surface area contributed by atoms with E-state index in [0.717, 1.165) is 17.4 Å². The summed E-state index contributed by atoms with van der Waals surface area (Å²) < 4.78 is 2.12. The van der Waals surface area contributed by atoms with Gasteiger partial charge in [0, 0.05) is 31.3 Å². The highest BCUT2D eigenvalue weighted by Crippen LogP contribution is 2.24. The normalized spacial score (nSPS) is 11.4. The van der Waals surface area contributed by atoms with Crippen LogP contribution in [0.3, 0.4) is 0 Å². The molecule has 0 spiro atoms. The second kappa shape index (κ2) is 7.21. The molecule has 0 atom stereocenters. The predicted octanol–water partition coefficient (Wildman–Crippen LogP) is -0.538. The zero-order valence-electron chi connectivity index (χ0n) is 12.8. The Morgan fingerprint density at radius 2 is 1.95 bits per heavy atom. The van der Waals surface area contributed by atoms with E-state index in [1.807, 2.05) is 13.8 Å². The molecule has 1 heterocycles. The number of aromatic nitrogens is 2. The number of nitrogens with zero attached hydrogens (tertiary/aromatic N) is 2. The van der Waals surface area contributed by atoms with E-state index in [9.17, 15) is 19.5 Å². The molecular weight excluding hydrogens is 274 g/mol. The van der Waals surface area contributed by atoms with Crippen molar-refractivity contribution in [3.63, 3.8) is 0 Å². The molecule has 0 saturated carbocycles. The number of rotatable bonds is 7. The molecule has 1 amide bonds. The van der Waals surface area contributed by atoms with Crippen molar-refractivity contribution in [2.45, 2.75) is 33.2 Å². The van der Waals surface area contributed by atoms with Gasteiger partial charge in [0.1, 0.15) is 6.54 Å². The maximum Gasteiger partial charge on any atom is 0.331 e. The molecule has 0 aromatic carbocycles. The van der Waals surface area contributed by atoms with Crippen molar-refractivity contribution in [2.24, 2.45) is 12.5 Å². The standard InChI is InChI=1S/C14H23N3O4/c1-4-14(5-2,10-18)9-15-11(19)8-17-7-6-12(20)16(3)13(17)21/h6-7,18H,4-5,8-10H2,1-3H3,(H,15,19). The molecule has 0 aliphatic heterocycles. The van der Waals surface area contributed by atoms with Crippen LogP contribution in [0.2, 0.25) is 0 Å². The molecule has 0 unspecified atom stereocenters. The number of amides is 1. The second-order valence-electron chi connectivity index (χ2n) is 5.27. The van der Waals surface area contributed by atoms with Crippen molar-refractivity contribution in [1.82, 2.24) is 14.5 Å². The first-order chi connectivity index (χ1) is 9.89. The van der Waals surface area contributed by atoms with E-state index in [1.165, 1.54) is 23.9 Å².